The van der Waals surface area contributed by atoms with Gasteiger partial charge in [0.1, 0.15) is 17.2 Å². The van der Waals surface area contributed by atoms with Crippen molar-refractivity contribution < 1.29 is 19.2 Å². The van der Waals surface area contributed by atoms with Gasteiger partial charge in [-0.15, -0.1) is 0 Å². The SMILES string of the molecule is COc1ccc(NC(=O)CNC(C)c2ccc(OC)c(Br)c2)c([N+](=O)[O-])c1. The monoisotopic (exact) mass is 437 g/mol. The first kappa shape index (κ1) is 20.7. The number of nitro benzene ring substituents is 1. The summed E-state index contributed by atoms with van der Waals surface area (Å²) in [7, 11) is 3.00. The first-order valence-corrected chi connectivity index (χ1v) is 8.84. The molecule has 27 heavy (non-hydrogen) atoms. The number of ether oxygens (including phenoxy) is 2. The third-order valence-electron chi connectivity index (χ3n) is 3.92. The summed E-state index contributed by atoms with van der Waals surface area (Å²) in [6, 6.07) is 9.78. The minimum atomic E-state index is -0.566. The van der Waals surface area contributed by atoms with Gasteiger partial charge in [0, 0.05) is 6.04 Å². The second-order valence-corrected chi connectivity index (χ2v) is 6.54. The largest absolute Gasteiger partial charge is 0.496 e. The number of rotatable bonds is 8. The Hall–Kier alpha value is -2.65. The minimum absolute atomic E-state index is 0.00595. The highest BCUT2D eigenvalue weighted by atomic mass is 79.9. The average molecular weight is 438 g/mol. The Balaban J connectivity index is 2.00. The molecule has 2 rings (SSSR count). The Kier molecular flexibility index (Phi) is 7.14. The van der Waals surface area contributed by atoms with Crippen molar-refractivity contribution in [1.82, 2.24) is 5.32 Å². The Morgan fingerprint density at radius 3 is 2.56 bits per heavy atom. The van der Waals surface area contributed by atoms with Crippen LogP contribution in [0.3, 0.4) is 0 Å². The van der Waals surface area contributed by atoms with Gasteiger partial charge >= 0.3 is 0 Å². The number of nitrogens with zero attached hydrogens (tertiary/aromatic N) is 1. The molecule has 8 nitrogen and oxygen atoms in total. The number of methoxy groups -OCH3 is 2. The number of amides is 1. The van der Waals surface area contributed by atoms with Gasteiger partial charge < -0.3 is 20.1 Å². The Bertz CT molecular complexity index is 844. The summed E-state index contributed by atoms with van der Waals surface area (Å²) in [4.78, 5) is 22.8. The van der Waals surface area contributed by atoms with E-state index in [1.54, 1.807) is 13.2 Å². The maximum absolute atomic E-state index is 12.2. The van der Waals surface area contributed by atoms with Crippen LogP contribution in [0.15, 0.2) is 40.9 Å². The van der Waals surface area contributed by atoms with Crippen LogP contribution in [0.25, 0.3) is 0 Å². The van der Waals surface area contributed by atoms with Crippen molar-refractivity contribution in [3.63, 3.8) is 0 Å². The van der Waals surface area contributed by atoms with Crippen LogP contribution in [-0.2, 0) is 4.79 Å². The lowest BCUT2D eigenvalue weighted by Gasteiger charge is -2.15. The average Bonchev–Trinajstić information content (AvgIpc) is 2.66. The number of carbonyl (C=O) groups is 1. The van der Waals surface area contributed by atoms with Gasteiger partial charge in [0.05, 0.1) is 36.2 Å². The highest BCUT2D eigenvalue weighted by Gasteiger charge is 2.17. The Morgan fingerprint density at radius 2 is 1.96 bits per heavy atom. The fourth-order valence-corrected chi connectivity index (χ4v) is 2.96. The van der Waals surface area contributed by atoms with E-state index in [-0.39, 0.29) is 29.9 Å². The van der Waals surface area contributed by atoms with Gasteiger partial charge in [0.15, 0.2) is 0 Å². The zero-order valence-electron chi connectivity index (χ0n) is 15.1. The lowest BCUT2D eigenvalue weighted by atomic mass is 10.1. The van der Waals surface area contributed by atoms with Gasteiger partial charge in [0.25, 0.3) is 5.69 Å². The molecule has 0 radical (unpaired) electrons. The minimum Gasteiger partial charge on any atom is -0.496 e. The number of anilines is 1. The quantitative estimate of drug-likeness (QED) is 0.482. The summed E-state index contributed by atoms with van der Waals surface area (Å²) in [5.41, 5.74) is 0.855. The number of carbonyl (C=O) groups excluding carboxylic acids is 1. The summed E-state index contributed by atoms with van der Waals surface area (Å²) in [6.07, 6.45) is 0. The molecule has 0 saturated heterocycles. The van der Waals surface area contributed by atoms with E-state index in [0.717, 1.165) is 15.8 Å². The predicted molar refractivity (Wildman–Crippen MR) is 105 cm³/mol. The van der Waals surface area contributed by atoms with E-state index in [0.29, 0.717) is 5.75 Å². The molecule has 0 spiro atoms. The molecule has 1 unspecified atom stereocenters. The van der Waals surface area contributed by atoms with Crippen LogP contribution in [0.5, 0.6) is 11.5 Å². The topological polar surface area (TPSA) is 103 Å². The Morgan fingerprint density at radius 1 is 1.22 bits per heavy atom. The van der Waals surface area contributed by atoms with Crippen molar-refractivity contribution in [2.24, 2.45) is 0 Å². The second kappa shape index (κ2) is 9.33. The lowest BCUT2D eigenvalue weighted by molar-refractivity contribution is -0.384. The lowest BCUT2D eigenvalue weighted by Crippen LogP contribution is -2.30. The first-order chi connectivity index (χ1) is 12.8. The summed E-state index contributed by atoms with van der Waals surface area (Å²) in [6.45, 7) is 1.91. The predicted octanol–water partition coefficient (Wildman–Crippen LogP) is 3.66. The van der Waals surface area contributed by atoms with Crippen molar-refractivity contribution in [1.29, 1.82) is 0 Å². The maximum Gasteiger partial charge on any atom is 0.296 e. The molecule has 0 aliphatic rings. The Labute approximate surface area is 165 Å². The smallest absolute Gasteiger partial charge is 0.296 e. The highest BCUT2D eigenvalue weighted by molar-refractivity contribution is 9.10. The van der Waals surface area contributed by atoms with Crippen molar-refractivity contribution in [2.75, 3.05) is 26.1 Å². The third kappa shape index (κ3) is 5.41. The normalized spacial score (nSPS) is 11.6. The molecular formula is C18H20BrN3O5. The number of hydrogen-bond donors (Lipinski definition) is 2. The van der Waals surface area contributed by atoms with Gasteiger partial charge in [-0.05, 0) is 52.7 Å². The summed E-state index contributed by atoms with van der Waals surface area (Å²) in [5.74, 6) is 0.676. The zero-order chi connectivity index (χ0) is 20.0. The maximum atomic E-state index is 12.2. The number of halogens is 1. The number of nitrogens with one attached hydrogen (secondary N) is 2. The van der Waals surface area contributed by atoms with E-state index in [1.807, 2.05) is 25.1 Å². The van der Waals surface area contributed by atoms with Crippen molar-refractivity contribution in [2.45, 2.75) is 13.0 Å². The van der Waals surface area contributed by atoms with Gasteiger partial charge in [-0.25, -0.2) is 0 Å². The van der Waals surface area contributed by atoms with E-state index in [2.05, 4.69) is 26.6 Å². The van der Waals surface area contributed by atoms with Crippen molar-refractivity contribution in [3.05, 3.63) is 56.5 Å². The fourth-order valence-electron chi connectivity index (χ4n) is 2.41. The molecule has 0 heterocycles. The van der Waals surface area contributed by atoms with Crippen LogP contribution < -0.4 is 20.1 Å². The standard InChI is InChI=1S/C18H20BrN3O5/c1-11(12-4-7-17(27-3)14(19)8-12)20-10-18(23)21-15-6-5-13(26-2)9-16(15)22(24)25/h4-9,11,20H,10H2,1-3H3,(H,21,23). The molecular weight excluding hydrogens is 418 g/mol. The molecule has 1 atom stereocenters. The number of hydrogen-bond acceptors (Lipinski definition) is 6. The van der Waals surface area contributed by atoms with Crippen LogP contribution in [0.4, 0.5) is 11.4 Å². The highest BCUT2D eigenvalue weighted by Crippen LogP contribution is 2.29. The van der Waals surface area contributed by atoms with E-state index in [9.17, 15) is 14.9 Å². The van der Waals surface area contributed by atoms with E-state index >= 15 is 0 Å². The van der Waals surface area contributed by atoms with Gasteiger partial charge in [0.2, 0.25) is 5.91 Å². The molecule has 1 amide bonds. The van der Waals surface area contributed by atoms with E-state index < -0.39 is 4.92 Å². The summed E-state index contributed by atoms with van der Waals surface area (Å²) < 4.78 is 11.0. The van der Waals surface area contributed by atoms with E-state index in [4.69, 9.17) is 9.47 Å². The molecule has 2 aromatic carbocycles. The molecule has 0 aliphatic heterocycles. The van der Waals surface area contributed by atoms with Crippen LogP contribution in [0.2, 0.25) is 0 Å². The molecule has 0 saturated carbocycles. The number of nitro groups is 1. The van der Waals surface area contributed by atoms with Crippen molar-refractivity contribution in [3.8, 4) is 11.5 Å². The summed E-state index contributed by atoms with van der Waals surface area (Å²) in [5, 5.41) is 16.8. The molecule has 0 aromatic heterocycles. The summed E-state index contributed by atoms with van der Waals surface area (Å²) >= 11 is 3.43. The fraction of sp³-hybridized carbons (Fsp3) is 0.278. The van der Waals surface area contributed by atoms with Crippen molar-refractivity contribution >= 4 is 33.2 Å². The molecule has 0 fully saturated rings. The number of benzene rings is 2. The van der Waals surface area contributed by atoms with Crippen LogP contribution >= 0.6 is 15.9 Å². The van der Waals surface area contributed by atoms with Gasteiger partial charge in [-0.2, -0.15) is 0 Å². The molecule has 2 N–H and O–H groups in total. The first-order valence-electron chi connectivity index (χ1n) is 8.04. The van der Waals surface area contributed by atoms with Crippen LogP contribution in [0.1, 0.15) is 18.5 Å². The second-order valence-electron chi connectivity index (χ2n) is 5.68. The van der Waals surface area contributed by atoms with Gasteiger partial charge in [-0.3, -0.25) is 14.9 Å². The van der Waals surface area contributed by atoms with E-state index in [1.165, 1.54) is 19.2 Å². The van der Waals surface area contributed by atoms with Gasteiger partial charge in [-0.1, -0.05) is 6.07 Å². The third-order valence-corrected chi connectivity index (χ3v) is 4.54. The van der Waals surface area contributed by atoms with Crippen LogP contribution in [-0.4, -0.2) is 31.6 Å². The molecule has 0 aliphatic carbocycles. The molecule has 144 valence electrons. The zero-order valence-corrected chi connectivity index (χ0v) is 16.7. The molecule has 9 heteroatoms. The van der Waals surface area contributed by atoms with Crippen LogP contribution in [0, 0.1) is 10.1 Å². The molecule has 2 aromatic rings. The molecule has 0 bridgehead atoms.